The molecule has 0 aliphatic heterocycles. The van der Waals surface area contributed by atoms with Crippen molar-refractivity contribution in [1.29, 1.82) is 0 Å². The van der Waals surface area contributed by atoms with E-state index >= 15 is 0 Å². The molecule has 0 aromatic carbocycles. The smallest absolute Gasteiger partial charge is 0.379 e. The van der Waals surface area contributed by atoms with E-state index in [4.69, 9.17) is 11.6 Å². The van der Waals surface area contributed by atoms with E-state index in [1.807, 2.05) is 6.07 Å². The van der Waals surface area contributed by atoms with Gasteiger partial charge in [0.15, 0.2) is 11.3 Å². The highest BCUT2D eigenvalue weighted by Gasteiger charge is 2.30. The van der Waals surface area contributed by atoms with Gasteiger partial charge in [-0.2, -0.15) is 13.2 Å². The summed E-state index contributed by atoms with van der Waals surface area (Å²) in [5.41, 5.74) is 2.08. The van der Waals surface area contributed by atoms with Gasteiger partial charge < -0.3 is 16.0 Å². The molecule has 2 fully saturated rings. The lowest BCUT2D eigenvalue weighted by Crippen LogP contribution is -2.27. The van der Waals surface area contributed by atoms with Crippen molar-refractivity contribution in [2.45, 2.75) is 69.6 Å². The maximum absolute atomic E-state index is 13.0. The topological polar surface area (TPSA) is 96.2 Å². The number of imidazole rings is 1. The first-order valence-corrected chi connectivity index (χ1v) is 12.5. The number of carbonyl (C=O) groups excluding carboxylic acids is 1. The number of pyridine rings is 1. The Bertz CT molecular complexity index is 1240. The zero-order chi connectivity index (χ0) is 25.3. The van der Waals surface area contributed by atoms with E-state index in [-0.39, 0.29) is 29.2 Å². The van der Waals surface area contributed by atoms with Crippen LogP contribution in [-0.2, 0) is 0 Å². The maximum atomic E-state index is 13.0. The normalized spacial score (nSPS) is 20.3. The summed E-state index contributed by atoms with van der Waals surface area (Å²) in [6.45, 7) is 0. The summed E-state index contributed by atoms with van der Waals surface area (Å²) in [5, 5.41) is 14.6. The largest absolute Gasteiger partial charge is 0.389 e. The van der Waals surface area contributed by atoms with Gasteiger partial charge in [-0.1, -0.05) is 11.6 Å². The number of aromatic nitrogens is 4. The number of carbonyl (C=O) groups is 1. The molecular weight excluding hydrogens is 495 g/mol. The van der Waals surface area contributed by atoms with E-state index in [9.17, 15) is 18.0 Å². The van der Waals surface area contributed by atoms with E-state index in [1.54, 1.807) is 12.1 Å². The average molecular weight is 522 g/mol. The van der Waals surface area contributed by atoms with Crippen molar-refractivity contribution in [1.82, 2.24) is 19.6 Å². The Morgan fingerprint density at radius 2 is 1.78 bits per heavy atom. The first kappa shape index (κ1) is 24.6. The van der Waals surface area contributed by atoms with Crippen LogP contribution in [0.2, 0.25) is 5.15 Å². The molecule has 3 heterocycles. The fourth-order valence-electron chi connectivity index (χ4n) is 4.60. The van der Waals surface area contributed by atoms with Crippen LogP contribution >= 0.6 is 11.6 Å². The van der Waals surface area contributed by atoms with Crippen LogP contribution in [0.25, 0.3) is 5.65 Å². The minimum absolute atomic E-state index is 0.0952. The summed E-state index contributed by atoms with van der Waals surface area (Å²) in [7, 11) is 0. The van der Waals surface area contributed by atoms with Crippen molar-refractivity contribution < 1.29 is 18.0 Å². The Balaban J connectivity index is 1.32. The van der Waals surface area contributed by atoms with E-state index in [1.165, 1.54) is 16.9 Å². The van der Waals surface area contributed by atoms with E-state index in [2.05, 4.69) is 31.0 Å². The van der Waals surface area contributed by atoms with E-state index in [0.29, 0.717) is 23.2 Å². The highest BCUT2D eigenvalue weighted by molar-refractivity contribution is 6.29. The SMILES string of the molecule is O=C(Nc1ccnc(Cl)c1)c1cnc2c(NC3CC3)cc(NC3CCC(CCC(F)(F)F)CC3)nn12. The summed E-state index contributed by atoms with van der Waals surface area (Å²) in [6.07, 6.45) is 3.52. The Hall–Kier alpha value is -3.08. The Morgan fingerprint density at radius 3 is 2.47 bits per heavy atom. The van der Waals surface area contributed by atoms with Gasteiger partial charge >= 0.3 is 6.18 Å². The minimum atomic E-state index is -4.10. The number of alkyl halides is 3. The highest BCUT2D eigenvalue weighted by atomic mass is 35.5. The molecule has 0 spiro atoms. The summed E-state index contributed by atoms with van der Waals surface area (Å²) in [4.78, 5) is 21.4. The molecule has 3 aromatic rings. The molecule has 0 atom stereocenters. The Morgan fingerprint density at radius 1 is 1.06 bits per heavy atom. The van der Waals surface area contributed by atoms with Crippen LogP contribution in [0.4, 0.5) is 30.4 Å². The summed E-state index contributed by atoms with van der Waals surface area (Å²) < 4.78 is 39.2. The van der Waals surface area contributed by atoms with Crippen LogP contribution in [0.15, 0.2) is 30.6 Å². The third-order valence-corrected chi connectivity index (χ3v) is 6.86. The monoisotopic (exact) mass is 521 g/mol. The van der Waals surface area contributed by atoms with Gasteiger partial charge in [0.2, 0.25) is 0 Å². The lowest BCUT2D eigenvalue weighted by atomic mass is 9.83. The second-order valence-electron chi connectivity index (χ2n) is 9.58. The van der Waals surface area contributed by atoms with Gasteiger partial charge in [-0.25, -0.2) is 14.5 Å². The number of anilines is 3. The number of hydrogen-bond donors (Lipinski definition) is 3. The molecule has 36 heavy (non-hydrogen) atoms. The van der Waals surface area contributed by atoms with Crippen molar-refractivity contribution in [3.05, 3.63) is 41.4 Å². The van der Waals surface area contributed by atoms with E-state index < -0.39 is 18.5 Å². The van der Waals surface area contributed by atoms with Gasteiger partial charge in [-0.3, -0.25) is 4.79 Å². The molecule has 8 nitrogen and oxygen atoms in total. The van der Waals surface area contributed by atoms with Crippen molar-refractivity contribution >= 4 is 40.3 Å². The molecular formula is C24H27ClF3N7O. The van der Waals surface area contributed by atoms with Crippen molar-refractivity contribution in [3.8, 4) is 0 Å². The fraction of sp³-hybridized carbons (Fsp3) is 0.500. The maximum Gasteiger partial charge on any atom is 0.389 e. The second kappa shape index (κ2) is 10.1. The quantitative estimate of drug-likeness (QED) is 0.318. The fourth-order valence-corrected chi connectivity index (χ4v) is 4.77. The Labute approximate surface area is 211 Å². The number of hydrogen-bond acceptors (Lipinski definition) is 6. The van der Waals surface area contributed by atoms with Gasteiger partial charge in [0, 0.05) is 36.5 Å². The first-order chi connectivity index (χ1) is 17.2. The van der Waals surface area contributed by atoms with Crippen LogP contribution in [0.5, 0.6) is 0 Å². The predicted octanol–water partition coefficient (Wildman–Crippen LogP) is 5.92. The molecule has 1 amide bonds. The number of amides is 1. The Kier molecular flexibility index (Phi) is 6.92. The number of halogens is 4. The third-order valence-electron chi connectivity index (χ3n) is 6.66. The molecule has 2 aliphatic rings. The van der Waals surface area contributed by atoms with Crippen molar-refractivity contribution in [2.75, 3.05) is 16.0 Å². The van der Waals surface area contributed by atoms with Gasteiger partial charge in [0.05, 0.1) is 11.9 Å². The molecule has 3 aromatic heterocycles. The molecule has 0 radical (unpaired) electrons. The number of fused-ring (bicyclic) bond motifs is 1. The first-order valence-electron chi connectivity index (χ1n) is 12.1. The van der Waals surface area contributed by atoms with Gasteiger partial charge in [0.25, 0.3) is 5.91 Å². The number of rotatable bonds is 8. The number of nitrogens with one attached hydrogen (secondary N) is 3. The van der Waals surface area contributed by atoms with Crippen molar-refractivity contribution in [2.24, 2.45) is 5.92 Å². The molecule has 3 N–H and O–H groups in total. The molecule has 0 saturated heterocycles. The highest BCUT2D eigenvalue weighted by Crippen LogP contribution is 2.34. The van der Waals surface area contributed by atoms with Crippen LogP contribution in [0.3, 0.4) is 0 Å². The third kappa shape index (κ3) is 6.18. The predicted molar refractivity (Wildman–Crippen MR) is 131 cm³/mol. The zero-order valence-electron chi connectivity index (χ0n) is 19.5. The van der Waals surface area contributed by atoms with Crippen molar-refractivity contribution in [3.63, 3.8) is 0 Å². The molecule has 0 bridgehead atoms. The number of nitrogens with zero attached hydrogens (tertiary/aromatic N) is 4. The molecule has 192 valence electrons. The lowest BCUT2D eigenvalue weighted by Gasteiger charge is -2.29. The lowest BCUT2D eigenvalue weighted by molar-refractivity contribution is -0.138. The van der Waals surface area contributed by atoms with Gasteiger partial charge in [-0.15, -0.1) is 5.10 Å². The molecule has 2 aliphatic carbocycles. The average Bonchev–Trinajstić information content (AvgIpc) is 3.53. The zero-order valence-corrected chi connectivity index (χ0v) is 20.2. The van der Waals surface area contributed by atoms with Crippen LogP contribution in [-0.4, -0.2) is 43.7 Å². The van der Waals surface area contributed by atoms with Crippen LogP contribution in [0, 0.1) is 5.92 Å². The van der Waals surface area contributed by atoms with Gasteiger partial charge in [0.1, 0.15) is 11.0 Å². The summed E-state index contributed by atoms with van der Waals surface area (Å²) >= 11 is 5.92. The molecule has 2 saturated carbocycles. The minimum Gasteiger partial charge on any atom is -0.379 e. The standard InChI is InChI=1S/C24H27ClF3N7O/c25-20-11-17(8-10-29-20)33-23(36)19-13-30-22-18(31-15-5-6-15)12-21(34-35(19)22)32-16-3-1-14(2-4-16)7-9-24(26,27)28/h8,10-16,31H,1-7,9H2,(H,32,34)(H,29,33,36). The molecule has 0 unspecified atom stereocenters. The molecule has 5 rings (SSSR count). The molecule has 12 heteroatoms. The van der Waals surface area contributed by atoms with Gasteiger partial charge in [-0.05, 0) is 63.0 Å². The summed E-state index contributed by atoms with van der Waals surface area (Å²) in [6, 6.07) is 5.54. The van der Waals surface area contributed by atoms with Crippen LogP contribution in [0.1, 0.15) is 61.9 Å². The summed E-state index contributed by atoms with van der Waals surface area (Å²) in [5.74, 6) is 0.290. The second-order valence-corrected chi connectivity index (χ2v) is 9.97. The van der Waals surface area contributed by atoms with Crippen LogP contribution < -0.4 is 16.0 Å². The van der Waals surface area contributed by atoms with E-state index in [0.717, 1.165) is 44.2 Å².